The molecular formula is C16H12N4O. The molecule has 0 aliphatic rings. The molecule has 3 aromatic rings. The van der Waals surface area contributed by atoms with E-state index >= 15 is 0 Å². The molecule has 0 aliphatic carbocycles. The smallest absolute Gasteiger partial charge is 0.152 e. The van der Waals surface area contributed by atoms with Gasteiger partial charge in [-0.05, 0) is 31.2 Å². The molecule has 0 bridgehead atoms. The van der Waals surface area contributed by atoms with Gasteiger partial charge < -0.3 is 10.2 Å². The van der Waals surface area contributed by atoms with E-state index in [4.69, 9.17) is 15.4 Å². The SMILES string of the molecule is Cc1ccc(-c2cc(C#N)c(N)nc2-c2ccco2)cn1. The van der Waals surface area contributed by atoms with E-state index in [9.17, 15) is 0 Å². The van der Waals surface area contributed by atoms with Gasteiger partial charge in [-0.3, -0.25) is 4.98 Å². The predicted molar refractivity (Wildman–Crippen MR) is 79.0 cm³/mol. The molecule has 0 radical (unpaired) electrons. The van der Waals surface area contributed by atoms with Gasteiger partial charge in [0.1, 0.15) is 17.6 Å². The minimum Gasteiger partial charge on any atom is -0.463 e. The fourth-order valence-electron chi connectivity index (χ4n) is 2.07. The number of aromatic nitrogens is 2. The molecule has 3 rings (SSSR count). The summed E-state index contributed by atoms with van der Waals surface area (Å²) in [5, 5.41) is 9.15. The van der Waals surface area contributed by atoms with Gasteiger partial charge in [-0.2, -0.15) is 5.26 Å². The van der Waals surface area contributed by atoms with Crippen LogP contribution in [0.25, 0.3) is 22.6 Å². The van der Waals surface area contributed by atoms with Gasteiger partial charge in [0.25, 0.3) is 0 Å². The molecule has 3 heterocycles. The number of hydrogen-bond acceptors (Lipinski definition) is 5. The number of nitrogens with zero attached hydrogens (tertiary/aromatic N) is 3. The zero-order valence-electron chi connectivity index (χ0n) is 11.4. The van der Waals surface area contributed by atoms with E-state index in [1.165, 1.54) is 0 Å². The Balaban J connectivity index is 2.26. The average Bonchev–Trinajstić information content (AvgIpc) is 3.02. The molecule has 0 saturated carbocycles. The van der Waals surface area contributed by atoms with Crippen molar-refractivity contribution in [3.8, 4) is 28.7 Å². The highest BCUT2D eigenvalue weighted by Gasteiger charge is 2.15. The molecule has 5 heteroatoms. The Labute approximate surface area is 121 Å². The lowest BCUT2D eigenvalue weighted by Gasteiger charge is -2.09. The first-order chi connectivity index (χ1) is 10.2. The second-order valence-electron chi connectivity index (χ2n) is 4.59. The summed E-state index contributed by atoms with van der Waals surface area (Å²) in [6.07, 6.45) is 3.32. The van der Waals surface area contributed by atoms with E-state index in [1.54, 1.807) is 30.7 Å². The molecule has 102 valence electrons. The molecule has 0 saturated heterocycles. The number of anilines is 1. The minimum atomic E-state index is 0.188. The van der Waals surface area contributed by atoms with Gasteiger partial charge in [0, 0.05) is 23.0 Å². The largest absolute Gasteiger partial charge is 0.463 e. The van der Waals surface area contributed by atoms with Gasteiger partial charge in [-0.25, -0.2) is 4.98 Å². The fraction of sp³-hybridized carbons (Fsp3) is 0.0625. The van der Waals surface area contributed by atoms with E-state index in [1.807, 2.05) is 19.1 Å². The highest BCUT2D eigenvalue weighted by molar-refractivity contribution is 5.81. The first kappa shape index (κ1) is 12.9. The van der Waals surface area contributed by atoms with Crippen molar-refractivity contribution in [2.75, 3.05) is 5.73 Å². The maximum absolute atomic E-state index is 9.15. The summed E-state index contributed by atoms with van der Waals surface area (Å²) in [7, 11) is 0. The summed E-state index contributed by atoms with van der Waals surface area (Å²) in [5.74, 6) is 0.787. The second kappa shape index (κ2) is 5.10. The molecule has 0 fully saturated rings. The molecule has 2 N–H and O–H groups in total. The number of nitriles is 1. The van der Waals surface area contributed by atoms with Crippen molar-refractivity contribution in [2.45, 2.75) is 6.92 Å². The highest BCUT2D eigenvalue weighted by atomic mass is 16.3. The van der Waals surface area contributed by atoms with Crippen LogP contribution in [-0.4, -0.2) is 9.97 Å². The summed E-state index contributed by atoms with van der Waals surface area (Å²) in [6, 6.07) is 11.2. The van der Waals surface area contributed by atoms with Crippen LogP contribution in [0.3, 0.4) is 0 Å². The van der Waals surface area contributed by atoms with Crippen molar-refractivity contribution in [3.05, 3.63) is 54.0 Å². The normalized spacial score (nSPS) is 10.3. The van der Waals surface area contributed by atoms with Crippen molar-refractivity contribution in [2.24, 2.45) is 0 Å². The van der Waals surface area contributed by atoms with E-state index < -0.39 is 0 Å². The topological polar surface area (TPSA) is 88.7 Å². The van der Waals surface area contributed by atoms with Crippen molar-refractivity contribution < 1.29 is 4.42 Å². The predicted octanol–water partition coefficient (Wildman–Crippen LogP) is 3.17. The van der Waals surface area contributed by atoms with E-state index in [0.29, 0.717) is 17.0 Å². The molecular weight excluding hydrogens is 264 g/mol. The van der Waals surface area contributed by atoms with Crippen molar-refractivity contribution in [1.29, 1.82) is 5.26 Å². The summed E-state index contributed by atoms with van der Waals surface area (Å²) >= 11 is 0. The van der Waals surface area contributed by atoms with Crippen LogP contribution in [0.5, 0.6) is 0 Å². The van der Waals surface area contributed by atoms with E-state index in [0.717, 1.165) is 16.8 Å². The van der Waals surface area contributed by atoms with Gasteiger partial charge in [0.15, 0.2) is 5.76 Å². The first-order valence-corrected chi connectivity index (χ1v) is 6.36. The third-order valence-electron chi connectivity index (χ3n) is 3.15. The van der Waals surface area contributed by atoms with Crippen molar-refractivity contribution in [3.63, 3.8) is 0 Å². The number of nitrogen functional groups attached to an aromatic ring is 1. The third kappa shape index (κ3) is 2.35. The lowest BCUT2D eigenvalue weighted by Crippen LogP contribution is -1.99. The van der Waals surface area contributed by atoms with Crippen LogP contribution < -0.4 is 5.73 Å². The zero-order valence-corrected chi connectivity index (χ0v) is 11.4. The molecule has 3 aromatic heterocycles. The maximum Gasteiger partial charge on any atom is 0.152 e. The van der Waals surface area contributed by atoms with Crippen LogP contribution in [0, 0.1) is 18.3 Å². The molecule has 0 unspecified atom stereocenters. The maximum atomic E-state index is 9.15. The van der Waals surface area contributed by atoms with Crippen LogP contribution in [0.4, 0.5) is 5.82 Å². The van der Waals surface area contributed by atoms with E-state index in [2.05, 4.69) is 16.0 Å². The summed E-state index contributed by atoms with van der Waals surface area (Å²) in [5.41, 5.74) is 9.29. The summed E-state index contributed by atoms with van der Waals surface area (Å²) in [6.45, 7) is 1.92. The minimum absolute atomic E-state index is 0.188. The fourth-order valence-corrected chi connectivity index (χ4v) is 2.07. The Hall–Kier alpha value is -3.13. The molecule has 0 spiro atoms. The Morgan fingerprint density at radius 3 is 2.76 bits per heavy atom. The zero-order chi connectivity index (χ0) is 14.8. The second-order valence-corrected chi connectivity index (χ2v) is 4.59. The molecule has 21 heavy (non-hydrogen) atoms. The average molecular weight is 276 g/mol. The Morgan fingerprint density at radius 2 is 2.14 bits per heavy atom. The number of rotatable bonds is 2. The van der Waals surface area contributed by atoms with Gasteiger partial charge in [-0.15, -0.1) is 0 Å². The van der Waals surface area contributed by atoms with Crippen LogP contribution in [0.1, 0.15) is 11.3 Å². The van der Waals surface area contributed by atoms with Gasteiger partial charge in [0.05, 0.1) is 11.8 Å². The van der Waals surface area contributed by atoms with Crippen LogP contribution in [-0.2, 0) is 0 Å². The lowest BCUT2D eigenvalue weighted by molar-refractivity contribution is 0.580. The molecule has 5 nitrogen and oxygen atoms in total. The number of aryl methyl sites for hydroxylation is 1. The number of hydrogen-bond donors (Lipinski definition) is 1. The molecule has 0 atom stereocenters. The summed E-state index contributed by atoms with van der Waals surface area (Å²) in [4.78, 5) is 8.60. The van der Waals surface area contributed by atoms with Crippen molar-refractivity contribution in [1.82, 2.24) is 9.97 Å². The van der Waals surface area contributed by atoms with Gasteiger partial charge in [-0.1, -0.05) is 6.07 Å². The Bertz CT molecular complexity index is 815. The molecule has 0 aromatic carbocycles. The number of furan rings is 1. The molecule has 0 aliphatic heterocycles. The standard InChI is InChI=1S/C16H12N4O/c1-10-4-5-11(9-19-10)13-7-12(8-17)16(18)20-15(13)14-3-2-6-21-14/h2-7,9H,1H3,(H2,18,20). The number of pyridine rings is 2. The van der Waals surface area contributed by atoms with Crippen LogP contribution in [0.2, 0.25) is 0 Å². The lowest BCUT2D eigenvalue weighted by atomic mass is 10.0. The van der Waals surface area contributed by atoms with Gasteiger partial charge >= 0.3 is 0 Å². The monoisotopic (exact) mass is 276 g/mol. The summed E-state index contributed by atoms with van der Waals surface area (Å²) < 4.78 is 5.41. The van der Waals surface area contributed by atoms with Crippen LogP contribution >= 0.6 is 0 Å². The Kier molecular flexibility index (Phi) is 3.13. The third-order valence-corrected chi connectivity index (χ3v) is 3.15. The van der Waals surface area contributed by atoms with E-state index in [-0.39, 0.29) is 5.82 Å². The Morgan fingerprint density at radius 1 is 1.29 bits per heavy atom. The molecule has 0 amide bonds. The highest BCUT2D eigenvalue weighted by Crippen LogP contribution is 2.32. The quantitative estimate of drug-likeness (QED) is 0.776. The van der Waals surface area contributed by atoms with Gasteiger partial charge in [0.2, 0.25) is 0 Å². The number of nitrogens with two attached hydrogens (primary N) is 1. The van der Waals surface area contributed by atoms with Crippen LogP contribution in [0.15, 0.2) is 47.2 Å². The first-order valence-electron chi connectivity index (χ1n) is 6.36. The van der Waals surface area contributed by atoms with Crippen molar-refractivity contribution >= 4 is 5.82 Å².